The van der Waals surface area contributed by atoms with E-state index in [-0.39, 0.29) is 0 Å². The molecule has 1 heterocycles. The Morgan fingerprint density at radius 1 is 0.867 bits per heavy atom. The fourth-order valence-electron chi connectivity index (χ4n) is 4.41. The first-order chi connectivity index (χ1) is 14.8. The summed E-state index contributed by atoms with van der Waals surface area (Å²) in [5.41, 5.74) is 4.12. The molecule has 3 aromatic carbocycles. The van der Waals surface area contributed by atoms with Crippen LogP contribution in [0.1, 0.15) is 36.0 Å². The lowest BCUT2D eigenvalue weighted by Crippen LogP contribution is -2.47. The van der Waals surface area contributed by atoms with Gasteiger partial charge in [-0.3, -0.25) is 4.90 Å². The molecule has 3 heteroatoms. The Morgan fingerprint density at radius 3 is 2.20 bits per heavy atom. The summed E-state index contributed by atoms with van der Waals surface area (Å²) in [4.78, 5) is 2.59. The molecule has 0 aliphatic carbocycles. The summed E-state index contributed by atoms with van der Waals surface area (Å²) in [6.45, 7) is 6.84. The summed E-state index contributed by atoms with van der Waals surface area (Å²) in [6.07, 6.45) is 1.15. The number of nitrogens with zero attached hydrogens (tertiary/aromatic N) is 1. The number of rotatable bonds is 8. The summed E-state index contributed by atoms with van der Waals surface area (Å²) in [6, 6.07) is 30.7. The predicted molar refractivity (Wildman–Crippen MR) is 124 cm³/mol. The number of benzene rings is 3. The summed E-state index contributed by atoms with van der Waals surface area (Å²) in [5.74, 6) is 1.41. The van der Waals surface area contributed by atoms with Crippen LogP contribution in [0, 0.1) is 0 Å². The van der Waals surface area contributed by atoms with Crippen molar-refractivity contribution in [1.82, 2.24) is 10.2 Å². The molecule has 3 nitrogen and oxygen atoms in total. The maximum atomic E-state index is 5.65. The highest BCUT2D eigenvalue weighted by atomic mass is 16.5. The molecule has 4 rings (SSSR count). The van der Waals surface area contributed by atoms with E-state index < -0.39 is 0 Å². The number of likely N-dealkylation sites (tertiary alicyclic amines) is 1. The molecule has 0 aromatic heterocycles. The van der Waals surface area contributed by atoms with Crippen molar-refractivity contribution >= 4 is 0 Å². The van der Waals surface area contributed by atoms with Gasteiger partial charge in [-0.25, -0.2) is 0 Å². The molecule has 3 aromatic rings. The van der Waals surface area contributed by atoms with Crippen molar-refractivity contribution in [3.05, 3.63) is 102 Å². The highest BCUT2D eigenvalue weighted by Gasteiger charge is 2.30. The van der Waals surface area contributed by atoms with E-state index in [2.05, 4.69) is 95.1 Å². The molecule has 30 heavy (non-hydrogen) atoms. The lowest BCUT2D eigenvalue weighted by molar-refractivity contribution is 0.166. The topological polar surface area (TPSA) is 24.5 Å². The second-order valence-electron chi connectivity index (χ2n) is 8.09. The van der Waals surface area contributed by atoms with Gasteiger partial charge in [-0.1, -0.05) is 72.8 Å². The van der Waals surface area contributed by atoms with Crippen LogP contribution in [-0.2, 0) is 13.1 Å². The van der Waals surface area contributed by atoms with Crippen molar-refractivity contribution in [3.8, 4) is 5.75 Å². The molecular weight excluding hydrogens is 368 g/mol. The smallest absolute Gasteiger partial charge is 0.119 e. The predicted octanol–water partition coefficient (Wildman–Crippen LogP) is 5.23. The second kappa shape index (κ2) is 10.4. The molecule has 0 unspecified atom stereocenters. The van der Waals surface area contributed by atoms with E-state index in [1.54, 1.807) is 0 Å². The lowest BCUT2D eigenvalue weighted by Gasteiger charge is -2.39. The SMILES string of the molecule is CCOc1ccc([C@H]2CN(Cc3ccccc3)CC[C@@H]2NCc2ccccc2)cc1. The van der Waals surface area contributed by atoms with Gasteiger partial charge in [0.05, 0.1) is 6.61 Å². The van der Waals surface area contributed by atoms with E-state index in [9.17, 15) is 0 Å². The average molecular weight is 401 g/mol. The van der Waals surface area contributed by atoms with Crippen LogP contribution < -0.4 is 10.1 Å². The van der Waals surface area contributed by atoms with Gasteiger partial charge in [0.15, 0.2) is 0 Å². The second-order valence-corrected chi connectivity index (χ2v) is 8.09. The van der Waals surface area contributed by atoms with Crippen LogP contribution in [0.5, 0.6) is 5.75 Å². The minimum Gasteiger partial charge on any atom is -0.494 e. The molecule has 1 aliphatic rings. The number of hydrogen-bond acceptors (Lipinski definition) is 3. The summed E-state index contributed by atoms with van der Waals surface area (Å²) in [7, 11) is 0. The van der Waals surface area contributed by atoms with E-state index in [0.717, 1.165) is 38.3 Å². The van der Waals surface area contributed by atoms with Gasteiger partial charge >= 0.3 is 0 Å². The third-order valence-electron chi connectivity index (χ3n) is 5.98. The molecule has 0 radical (unpaired) electrons. The Kier molecular flexibility index (Phi) is 7.17. The molecule has 156 valence electrons. The first-order valence-electron chi connectivity index (χ1n) is 11.1. The van der Waals surface area contributed by atoms with Gasteiger partial charge in [0.1, 0.15) is 5.75 Å². The fraction of sp³-hybridized carbons (Fsp3) is 0.333. The zero-order valence-corrected chi connectivity index (χ0v) is 17.8. The first kappa shape index (κ1) is 20.6. The highest BCUT2D eigenvalue weighted by Crippen LogP contribution is 2.30. The lowest BCUT2D eigenvalue weighted by atomic mass is 9.85. The third kappa shape index (κ3) is 5.50. The number of piperidine rings is 1. The van der Waals surface area contributed by atoms with E-state index in [4.69, 9.17) is 4.74 Å². The van der Waals surface area contributed by atoms with Crippen molar-refractivity contribution in [3.63, 3.8) is 0 Å². The zero-order chi connectivity index (χ0) is 20.6. The number of ether oxygens (including phenoxy) is 1. The van der Waals surface area contributed by atoms with E-state index in [0.29, 0.717) is 18.6 Å². The maximum Gasteiger partial charge on any atom is 0.119 e. The molecule has 1 fully saturated rings. The molecule has 2 atom stereocenters. The monoisotopic (exact) mass is 400 g/mol. The van der Waals surface area contributed by atoms with Crippen molar-refractivity contribution in [2.75, 3.05) is 19.7 Å². The Balaban J connectivity index is 1.48. The van der Waals surface area contributed by atoms with Crippen LogP contribution in [0.4, 0.5) is 0 Å². The van der Waals surface area contributed by atoms with Crippen LogP contribution in [0.25, 0.3) is 0 Å². The van der Waals surface area contributed by atoms with Gasteiger partial charge in [-0.15, -0.1) is 0 Å². The Bertz CT molecular complexity index is 880. The third-order valence-corrected chi connectivity index (χ3v) is 5.98. The number of hydrogen-bond donors (Lipinski definition) is 1. The molecular formula is C27H32N2O. The quantitative estimate of drug-likeness (QED) is 0.560. The summed E-state index contributed by atoms with van der Waals surface area (Å²) < 4.78 is 5.65. The minimum atomic E-state index is 0.460. The van der Waals surface area contributed by atoms with Gasteiger partial charge in [0, 0.05) is 38.1 Å². The normalized spacial score (nSPS) is 19.5. The molecule has 0 spiro atoms. The highest BCUT2D eigenvalue weighted by molar-refractivity contribution is 5.31. The fourth-order valence-corrected chi connectivity index (χ4v) is 4.41. The number of nitrogens with one attached hydrogen (secondary N) is 1. The standard InChI is InChI=1S/C27H32N2O/c1-2-30-25-15-13-24(14-16-25)26-21-29(20-23-11-7-4-8-12-23)18-17-27(26)28-19-22-9-5-3-6-10-22/h3-16,26-28H,2,17-21H2,1H3/t26-,27+/m1/s1. The van der Waals surface area contributed by atoms with E-state index in [1.807, 2.05) is 6.92 Å². The van der Waals surface area contributed by atoms with Crippen LogP contribution in [0.2, 0.25) is 0 Å². The van der Waals surface area contributed by atoms with Crippen LogP contribution in [0.3, 0.4) is 0 Å². The molecule has 1 saturated heterocycles. The van der Waals surface area contributed by atoms with Gasteiger partial charge in [-0.05, 0) is 42.2 Å². The van der Waals surface area contributed by atoms with Crippen molar-refractivity contribution in [1.29, 1.82) is 0 Å². The van der Waals surface area contributed by atoms with Crippen molar-refractivity contribution in [2.24, 2.45) is 0 Å². The van der Waals surface area contributed by atoms with Crippen LogP contribution in [0.15, 0.2) is 84.9 Å². The molecule has 1 N–H and O–H groups in total. The Labute approximate surface area is 180 Å². The largest absolute Gasteiger partial charge is 0.494 e. The van der Waals surface area contributed by atoms with Crippen molar-refractivity contribution < 1.29 is 4.74 Å². The summed E-state index contributed by atoms with van der Waals surface area (Å²) in [5, 5.41) is 3.85. The van der Waals surface area contributed by atoms with Gasteiger partial charge in [-0.2, -0.15) is 0 Å². The Morgan fingerprint density at radius 2 is 1.53 bits per heavy atom. The summed E-state index contributed by atoms with van der Waals surface area (Å²) >= 11 is 0. The van der Waals surface area contributed by atoms with Gasteiger partial charge < -0.3 is 10.1 Å². The van der Waals surface area contributed by atoms with Gasteiger partial charge in [0.25, 0.3) is 0 Å². The first-order valence-corrected chi connectivity index (χ1v) is 11.1. The van der Waals surface area contributed by atoms with E-state index in [1.165, 1.54) is 16.7 Å². The van der Waals surface area contributed by atoms with Gasteiger partial charge in [0.2, 0.25) is 0 Å². The Hall–Kier alpha value is -2.62. The van der Waals surface area contributed by atoms with Crippen LogP contribution in [-0.4, -0.2) is 30.6 Å². The zero-order valence-electron chi connectivity index (χ0n) is 17.8. The maximum absolute atomic E-state index is 5.65. The molecule has 0 saturated carbocycles. The molecule has 0 amide bonds. The average Bonchev–Trinajstić information content (AvgIpc) is 2.80. The van der Waals surface area contributed by atoms with E-state index >= 15 is 0 Å². The van der Waals surface area contributed by atoms with Crippen LogP contribution >= 0.6 is 0 Å². The molecule has 1 aliphatic heterocycles. The molecule has 0 bridgehead atoms. The van der Waals surface area contributed by atoms with Crippen molar-refractivity contribution in [2.45, 2.75) is 38.4 Å². The minimum absolute atomic E-state index is 0.460.